The van der Waals surface area contributed by atoms with Crippen LogP contribution in [0.3, 0.4) is 0 Å². The molecular formula is C6H5N3O. The van der Waals surface area contributed by atoms with Crippen LogP contribution in [0.25, 0.3) is 5.65 Å². The highest BCUT2D eigenvalue weighted by atomic mass is 16.1. The monoisotopic (exact) mass is 135 g/mol. The molecule has 50 valence electrons. The summed E-state index contributed by atoms with van der Waals surface area (Å²) in [6.45, 7) is 0. The molecule has 0 aliphatic rings. The molecule has 0 unspecified atom stereocenters. The number of carbonyl (C=O) groups excluding carboxylic acids is 1. The topological polar surface area (TPSA) is 50.2 Å². The normalized spacial score (nSPS) is 10.4. The molecule has 10 heavy (non-hydrogen) atoms. The number of aromatic amines is 1. The highest BCUT2D eigenvalue weighted by molar-refractivity contribution is 5.73. The van der Waals surface area contributed by atoms with Crippen molar-refractivity contribution in [3.8, 4) is 0 Å². The first-order chi connectivity index (χ1) is 4.92. The predicted molar refractivity (Wildman–Crippen MR) is 34.9 cm³/mol. The van der Waals surface area contributed by atoms with Gasteiger partial charge in [-0.2, -0.15) is 0 Å². The second kappa shape index (κ2) is 1.70. The van der Waals surface area contributed by atoms with Gasteiger partial charge in [-0.05, 0) is 0 Å². The molecule has 0 saturated carbocycles. The molecule has 0 bridgehead atoms. The quantitative estimate of drug-likeness (QED) is 0.578. The van der Waals surface area contributed by atoms with Gasteiger partial charge in [0, 0.05) is 6.20 Å². The average molecular weight is 135 g/mol. The van der Waals surface area contributed by atoms with Crippen molar-refractivity contribution in [2.24, 2.45) is 0 Å². The Kier molecular flexibility index (Phi) is 0.887. The molecular weight excluding hydrogens is 130 g/mol. The van der Waals surface area contributed by atoms with Crippen LogP contribution in [0.1, 0.15) is 10.5 Å². The second-order valence-corrected chi connectivity index (χ2v) is 1.98. The van der Waals surface area contributed by atoms with Gasteiger partial charge in [0.05, 0.1) is 6.20 Å². The molecule has 2 heterocycles. The Hall–Kier alpha value is -1.58. The molecule has 0 atom stereocenters. The maximum atomic E-state index is 10.3. The van der Waals surface area contributed by atoms with Crippen LogP contribution >= 0.6 is 0 Å². The summed E-state index contributed by atoms with van der Waals surface area (Å²) in [6.07, 6.45) is 5.68. The van der Waals surface area contributed by atoms with Crippen LogP contribution in [-0.4, -0.2) is 20.7 Å². The average Bonchev–Trinajstić information content (AvgIpc) is 2.44. The Morgan fingerprint density at radius 2 is 2.60 bits per heavy atom. The zero-order valence-electron chi connectivity index (χ0n) is 5.11. The van der Waals surface area contributed by atoms with Crippen LogP contribution in [-0.2, 0) is 0 Å². The number of nitrogens with one attached hydrogen (secondary N) is 1. The van der Waals surface area contributed by atoms with Gasteiger partial charge in [0.2, 0.25) is 0 Å². The van der Waals surface area contributed by atoms with Gasteiger partial charge in [-0.15, -0.1) is 0 Å². The molecule has 0 aromatic carbocycles. The summed E-state index contributed by atoms with van der Waals surface area (Å²) >= 11 is 0. The Morgan fingerprint density at radius 1 is 1.70 bits per heavy atom. The van der Waals surface area contributed by atoms with Gasteiger partial charge in [0.25, 0.3) is 0 Å². The lowest BCUT2D eigenvalue weighted by Crippen LogP contribution is -1.84. The van der Waals surface area contributed by atoms with Crippen LogP contribution in [0.15, 0.2) is 18.7 Å². The van der Waals surface area contributed by atoms with E-state index in [1.165, 1.54) is 0 Å². The van der Waals surface area contributed by atoms with Gasteiger partial charge in [-0.3, -0.25) is 9.20 Å². The van der Waals surface area contributed by atoms with E-state index in [9.17, 15) is 4.79 Å². The number of aldehydes is 1. The van der Waals surface area contributed by atoms with E-state index in [4.69, 9.17) is 0 Å². The largest absolute Gasteiger partial charge is 0.344 e. The lowest BCUT2D eigenvalue weighted by Gasteiger charge is -1.80. The number of fused-ring (bicyclic) bond motifs is 1. The van der Waals surface area contributed by atoms with E-state index < -0.39 is 0 Å². The molecule has 0 fully saturated rings. The Labute approximate surface area is 56.5 Å². The van der Waals surface area contributed by atoms with Gasteiger partial charge in [-0.1, -0.05) is 0 Å². The fourth-order valence-electron chi connectivity index (χ4n) is 0.916. The molecule has 1 N–H and O–H groups in total. The first-order valence-electron chi connectivity index (χ1n) is 2.86. The van der Waals surface area contributed by atoms with Crippen LogP contribution < -0.4 is 0 Å². The molecule has 0 saturated heterocycles. The molecule has 0 amide bonds. The van der Waals surface area contributed by atoms with Crippen molar-refractivity contribution in [2.45, 2.75) is 0 Å². The summed E-state index contributed by atoms with van der Waals surface area (Å²) in [5.74, 6) is 0. The number of carbonyl (C=O) groups is 1. The van der Waals surface area contributed by atoms with Crippen LogP contribution in [0.5, 0.6) is 0 Å². The molecule has 4 heteroatoms. The summed E-state index contributed by atoms with van der Waals surface area (Å²) in [4.78, 5) is 17.0. The van der Waals surface area contributed by atoms with Crippen LogP contribution in [0.2, 0.25) is 0 Å². The zero-order chi connectivity index (χ0) is 6.97. The summed E-state index contributed by atoms with van der Waals surface area (Å²) in [6, 6.07) is 0. The maximum Gasteiger partial charge on any atom is 0.168 e. The van der Waals surface area contributed by atoms with Crippen molar-refractivity contribution < 1.29 is 4.79 Å². The van der Waals surface area contributed by atoms with E-state index in [1.807, 2.05) is 0 Å². The fraction of sp³-hybridized carbons (Fsp3) is 0. The van der Waals surface area contributed by atoms with E-state index in [0.29, 0.717) is 5.69 Å². The Balaban J connectivity index is 2.88. The predicted octanol–water partition coefficient (Wildman–Crippen LogP) is 0.475. The SMILES string of the molecule is O=Cc1c[nH]c2cncn12. The van der Waals surface area contributed by atoms with Crippen molar-refractivity contribution in [3.63, 3.8) is 0 Å². The lowest BCUT2D eigenvalue weighted by atomic mass is 10.5. The maximum absolute atomic E-state index is 10.3. The summed E-state index contributed by atoms with van der Waals surface area (Å²) < 4.78 is 1.69. The third kappa shape index (κ3) is 0.500. The van der Waals surface area contributed by atoms with E-state index >= 15 is 0 Å². The summed E-state index contributed by atoms with van der Waals surface area (Å²) in [7, 11) is 0. The minimum atomic E-state index is 0.590. The molecule has 2 aromatic heterocycles. The van der Waals surface area contributed by atoms with E-state index in [-0.39, 0.29) is 0 Å². The molecule has 0 aliphatic heterocycles. The van der Waals surface area contributed by atoms with Gasteiger partial charge in [0.15, 0.2) is 6.29 Å². The fourth-order valence-corrected chi connectivity index (χ4v) is 0.916. The summed E-state index contributed by atoms with van der Waals surface area (Å²) in [5.41, 5.74) is 1.43. The van der Waals surface area contributed by atoms with Gasteiger partial charge < -0.3 is 4.98 Å². The molecule has 2 rings (SSSR count). The minimum absolute atomic E-state index is 0.590. The van der Waals surface area contributed by atoms with Crippen molar-refractivity contribution in [3.05, 3.63) is 24.4 Å². The lowest BCUT2D eigenvalue weighted by molar-refractivity contribution is 0.111. The molecule has 0 radical (unpaired) electrons. The standard InChI is InChI=1S/C6H5N3O/c10-3-5-1-8-6-2-7-4-9(5)6/h1-4,8H. The van der Waals surface area contributed by atoms with E-state index in [0.717, 1.165) is 11.9 Å². The first-order valence-corrected chi connectivity index (χ1v) is 2.86. The Morgan fingerprint density at radius 3 is 3.40 bits per heavy atom. The highest BCUT2D eigenvalue weighted by Gasteiger charge is 1.98. The first kappa shape index (κ1) is 5.22. The number of H-pyrrole nitrogens is 1. The van der Waals surface area contributed by atoms with Crippen LogP contribution in [0, 0.1) is 0 Å². The van der Waals surface area contributed by atoms with Gasteiger partial charge in [-0.25, -0.2) is 4.98 Å². The number of aromatic nitrogens is 3. The highest BCUT2D eigenvalue weighted by Crippen LogP contribution is 2.01. The second-order valence-electron chi connectivity index (χ2n) is 1.98. The number of rotatable bonds is 1. The van der Waals surface area contributed by atoms with Crippen molar-refractivity contribution >= 4 is 11.9 Å². The minimum Gasteiger partial charge on any atom is -0.344 e. The van der Waals surface area contributed by atoms with Crippen molar-refractivity contribution in [2.75, 3.05) is 0 Å². The van der Waals surface area contributed by atoms with Crippen molar-refractivity contribution in [1.82, 2.24) is 14.4 Å². The Bertz CT molecular complexity index is 360. The van der Waals surface area contributed by atoms with Gasteiger partial charge in [0.1, 0.15) is 17.7 Å². The van der Waals surface area contributed by atoms with E-state index in [2.05, 4.69) is 9.97 Å². The van der Waals surface area contributed by atoms with Crippen molar-refractivity contribution in [1.29, 1.82) is 0 Å². The molecule has 2 aromatic rings. The molecule has 0 aliphatic carbocycles. The third-order valence-corrected chi connectivity index (χ3v) is 1.41. The van der Waals surface area contributed by atoms with Crippen LogP contribution in [0.4, 0.5) is 0 Å². The number of hydrogen-bond donors (Lipinski definition) is 1. The number of imidazole rings is 2. The molecule has 0 spiro atoms. The van der Waals surface area contributed by atoms with Gasteiger partial charge >= 0.3 is 0 Å². The number of hydrogen-bond acceptors (Lipinski definition) is 2. The smallest absolute Gasteiger partial charge is 0.168 e. The molecule has 4 nitrogen and oxygen atoms in total. The summed E-state index contributed by atoms with van der Waals surface area (Å²) in [5, 5.41) is 0. The zero-order valence-corrected chi connectivity index (χ0v) is 5.11. The van der Waals surface area contributed by atoms with E-state index in [1.54, 1.807) is 23.1 Å². The number of nitrogens with zero attached hydrogens (tertiary/aromatic N) is 2. The third-order valence-electron chi connectivity index (χ3n) is 1.41.